The fraction of sp³-hybridized carbons (Fsp3) is 0.500. The molecule has 1 aliphatic rings. The van der Waals surface area contributed by atoms with E-state index in [1.807, 2.05) is 13.8 Å². The second-order valence-corrected chi connectivity index (χ2v) is 5.75. The van der Waals surface area contributed by atoms with Crippen LogP contribution in [0.3, 0.4) is 0 Å². The van der Waals surface area contributed by atoms with Gasteiger partial charge < -0.3 is 21.1 Å². The Bertz CT molecular complexity index is 534. The van der Waals surface area contributed by atoms with Crippen LogP contribution in [0.1, 0.15) is 37.0 Å². The second kappa shape index (κ2) is 8.86. The van der Waals surface area contributed by atoms with Gasteiger partial charge in [-0.3, -0.25) is 9.59 Å². The Hall–Kier alpha value is -1.63. The van der Waals surface area contributed by atoms with Crippen molar-refractivity contribution in [2.75, 3.05) is 11.9 Å². The summed E-state index contributed by atoms with van der Waals surface area (Å²) in [5.74, 6) is -0.298. The first-order valence-corrected chi connectivity index (χ1v) is 7.57. The standard InChI is InChI=1S/C16H23N3O3.ClH/c1-10(2)18-15(20)11-3-5-12(6-4-11)19-16(21)14-8-7-13(9-17)22-14;/h3-6,10,13-14H,7-9,17H2,1-2H3,(H,18,20)(H,19,21);1H/t13-,14+;/m1./s1. The van der Waals surface area contributed by atoms with Gasteiger partial charge in [0, 0.05) is 23.8 Å². The molecule has 2 amide bonds. The molecule has 128 valence electrons. The Labute approximate surface area is 142 Å². The maximum Gasteiger partial charge on any atom is 0.253 e. The van der Waals surface area contributed by atoms with E-state index >= 15 is 0 Å². The van der Waals surface area contributed by atoms with E-state index in [0.29, 0.717) is 24.2 Å². The van der Waals surface area contributed by atoms with Crippen molar-refractivity contribution in [3.05, 3.63) is 29.8 Å². The number of carbonyl (C=O) groups excluding carboxylic acids is 2. The van der Waals surface area contributed by atoms with Crippen molar-refractivity contribution in [2.24, 2.45) is 5.73 Å². The van der Waals surface area contributed by atoms with Gasteiger partial charge in [-0.05, 0) is 51.0 Å². The highest BCUT2D eigenvalue weighted by Crippen LogP contribution is 2.20. The van der Waals surface area contributed by atoms with Crippen molar-refractivity contribution in [3.8, 4) is 0 Å². The van der Waals surface area contributed by atoms with E-state index in [9.17, 15) is 9.59 Å². The molecule has 0 saturated carbocycles. The Balaban J connectivity index is 0.00000264. The Kier molecular flexibility index (Phi) is 7.48. The summed E-state index contributed by atoms with van der Waals surface area (Å²) < 4.78 is 5.55. The minimum absolute atomic E-state index is 0. The molecule has 1 heterocycles. The molecular formula is C16H24ClN3O3. The summed E-state index contributed by atoms with van der Waals surface area (Å²) in [6.45, 7) is 4.24. The fourth-order valence-electron chi connectivity index (χ4n) is 2.35. The summed E-state index contributed by atoms with van der Waals surface area (Å²) in [6.07, 6.45) is 1.01. The molecule has 6 nitrogen and oxygen atoms in total. The number of hydrogen-bond donors (Lipinski definition) is 3. The number of rotatable bonds is 5. The zero-order valence-corrected chi connectivity index (χ0v) is 14.2. The summed E-state index contributed by atoms with van der Waals surface area (Å²) in [5, 5.41) is 5.62. The molecule has 2 rings (SSSR count). The molecule has 23 heavy (non-hydrogen) atoms. The predicted octanol–water partition coefficient (Wildman–Crippen LogP) is 1.69. The van der Waals surface area contributed by atoms with E-state index in [-0.39, 0.29) is 36.4 Å². The number of anilines is 1. The number of halogens is 1. The molecule has 0 spiro atoms. The highest BCUT2D eigenvalue weighted by molar-refractivity contribution is 5.97. The number of nitrogens with two attached hydrogens (primary N) is 1. The van der Waals surface area contributed by atoms with Crippen LogP contribution in [-0.4, -0.2) is 36.6 Å². The molecule has 0 bridgehead atoms. The van der Waals surface area contributed by atoms with Gasteiger partial charge in [0.1, 0.15) is 6.10 Å². The molecule has 2 atom stereocenters. The molecule has 0 aromatic heterocycles. The maximum atomic E-state index is 12.1. The van der Waals surface area contributed by atoms with E-state index < -0.39 is 6.10 Å². The predicted molar refractivity (Wildman–Crippen MR) is 91.9 cm³/mol. The SMILES string of the molecule is CC(C)NC(=O)c1ccc(NC(=O)[C@@H]2CC[C@H](CN)O2)cc1.Cl. The Morgan fingerprint density at radius 2 is 1.91 bits per heavy atom. The lowest BCUT2D eigenvalue weighted by molar-refractivity contribution is -0.126. The van der Waals surface area contributed by atoms with Crippen molar-refractivity contribution in [2.45, 2.75) is 44.9 Å². The number of amides is 2. The third kappa shape index (κ3) is 5.49. The van der Waals surface area contributed by atoms with E-state index in [1.165, 1.54) is 0 Å². The lowest BCUT2D eigenvalue weighted by atomic mass is 10.1. The third-order valence-corrected chi connectivity index (χ3v) is 3.50. The van der Waals surface area contributed by atoms with Crippen LogP contribution in [0.2, 0.25) is 0 Å². The van der Waals surface area contributed by atoms with Gasteiger partial charge in [0.05, 0.1) is 6.10 Å². The van der Waals surface area contributed by atoms with Crippen LogP contribution in [0.5, 0.6) is 0 Å². The van der Waals surface area contributed by atoms with Crippen LogP contribution in [0.4, 0.5) is 5.69 Å². The van der Waals surface area contributed by atoms with Gasteiger partial charge in [-0.2, -0.15) is 0 Å². The summed E-state index contributed by atoms with van der Waals surface area (Å²) in [5.41, 5.74) is 6.74. The van der Waals surface area contributed by atoms with Gasteiger partial charge in [0.25, 0.3) is 11.8 Å². The van der Waals surface area contributed by atoms with Gasteiger partial charge in [-0.25, -0.2) is 0 Å². The van der Waals surface area contributed by atoms with Crippen LogP contribution in [0, 0.1) is 0 Å². The van der Waals surface area contributed by atoms with Crippen molar-refractivity contribution in [1.29, 1.82) is 0 Å². The normalized spacial score (nSPS) is 20.0. The molecular weight excluding hydrogens is 318 g/mol. The summed E-state index contributed by atoms with van der Waals surface area (Å²) >= 11 is 0. The van der Waals surface area contributed by atoms with Crippen molar-refractivity contribution < 1.29 is 14.3 Å². The quantitative estimate of drug-likeness (QED) is 0.759. The van der Waals surface area contributed by atoms with Crippen LogP contribution in [0.15, 0.2) is 24.3 Å². The second-order valence-electron chi connectivity index (χ2n) is 5.75. The third-order valence-electron chi connectivity index (χ3n) is 3.50. The molecule has 0 radical (unpaired) electrons. The van der Waals surface area contributed by atoms with Crippen molar-refractivity contribution in [3.63, 3.8) is 0 Å². The summed E-state index contributed by atoms with van der Waals surface area (Å²) in [4.78, 5) is 23.9. The van der Waals surface area contributed by atoms with Crippen LogP contribution in [0.25, 0.3) is 0 Å². The molecule has 1 aromatic carbocycles. The van der Waals surface area contributed by atoms with E-state index in [0.717, 1.165) is 6.42 Å². The number of hydrogen-bond acceptors (Lipinski definition) is 4. The Morgan fingerprint density at radius 3 is 2.43 bits per heavy atom. The van der Waals surface area contributed by atoms with Crippen molar-refractivity contribution in [1.82, 2.24) is 5.32 Å². The van der Waals surface area contributed by atoms with Gasteiger partial charge in [-0.1, -0.05) is 0 Å². The van der Waals surface area contributed by atoms with Gasteiger partial charge >= 0.3 is 0 Å². The van der Waals surface area contributed by atoms with E-state index in [1.54, 1.807) is 24.3 Å². The average molecular weight is 342 g/mol. The average Bonchev–Trinajstić information content (AvgIpc) is 2.96. The molecule has 1 fully saturated rings. The Morgan fingerprint density at radius 1 is 1.26 bits per heavy atom. The molecule has 7 heteroatoms. The van der Waals surface area contributed by atoms with E-state index in [4.69, 9.17) is 10.5 Å². The first kappa shape index (κ1) is 19.4. The highest BCUT2D eigenvalue weighted by Gasteiger charge is 2.29. The summed E-state index contributed by atoms with van der Waals surface area (Å²) in [7, 11) is 0. The first-order chi connectivity index (χ1) is 10.5. The van der Waals surface area contributed by atoms with Gasteiger partial charge in [-0.15, -0.1) is 12.4 Å². The van der Waals surface area contributed by atoms with Crippen LogP contribution < -0.4 is 16.4 Å². The largest absolute Gasteiger partial charge is 0.364 e. The number of nitrogens with one attached hydrogen (secondary N) is 2. The topological polar surface area (TPSA) is 93.5 Å². The highest BCUT2D eigenvalue weighted by atomic mass is 35.5. The lowest BCUT2D eigenvalue weighted by Crippen LogP contribution is -2.30. The maximum absolute atomic E-state index is 12.1. The molecule has 4 N–H and O–H groups in total. The van der Waals surface area contributed by atoms with Crippen molar-refractivity contribution >= 4 is 29.9 Å². The molecule has 0 unspecified atom stereocenters. The lowest BCUT2D eigenvalue weighted by Gasteiger charge is -2.13. The molecule has 0 aliphatic carbocycles. The van der Waals surface area contributed by atoms with Crippen LogP contribution >= 0.6 is 12.4 Å². The molecule has 1 aliphatic heterocycles. The minimum Gasteiger partial charge on any atom is -0.364 e. The molecule has 1 saturated heterocycles. The smallest absolute Gasteiger partial charge is 0.253 e. The zero-order valence-electron chi connectivity index (χ0n) is 13.4. The minimum atomic E-state index is -0.447. The number of ether oxygens (including phenoxy) is 1. The van der Waals surface area contributed by atoms with Crippen LogP contribution in [-0.2, 0) is 9.53 Å². The number of carbonyl (C=O) groups is 2. The van der Waals surface area contributed by atoms with Gasteiger partial charge in [0.2, 0.25) is 0 Å². The fourth-order valence-corrected chi connectivity index (χ4v) is 2.35. The molecule has 1 aromatic rings. The monoisotopic (exact) mass is 341 g/mol. The van der Waals surface area contributed by atoms with E-state index in [2.05, 4.69) is 10.6 Å². The summed E-state index contributed by atoms with van der Waals surface area (Å²) in [6, 6.07) is 6.88. The first-order valence-electron chi connectivity index (χ1n) is 7.57. The van der Waals surface area contributed by atoms with Gasteiger partial charge in [0.15, 0.2) is 0 Å². The number of benzene rings is 1. The zero-order chi connectivity index (χ0) is 16.1.